The zero-order valence-corrected chi connectivity index (χ0v) is 17.7. The number of aliphatic hydroxyl groups excluding tert-OH is 1. The molecule has 0 bridgehead atoms. The van der Waals surface area contributed by atoms with E-state index in [-0.39, 0.29) is 18.3 Å². The van der Waals surface area contributed by atoms with Gasteiger partial charge >= 0.3 is 5.97 Å². The molecule has 1 aliphatic rings. The second-order valence-electron chi connectivity index (χ2n) is 8.12. The molecule has 0 aromatic heterocycles. The summed E-state index contributed by atoms with van der Waals surface area (Å²) in [6.45, 7) is 2.09. The first-order chi connectivity index (χ1) is 14.4. The van der Waals surface area contributed by atoms with Gasteiger partial charge in [-0.3, -0.25) is 4.79 Å². The molecule has 7 heteroatoms. The number of aliphatic hydroxyl groups is 2. The maximum absolute atomic E-state index is 11.7. The van der Waals surface area contributed by atoms with Gasteiger partial charge in [-0.15, -0.1) is 0 Å². The molecule has 2 rings (SSSR count). The van der Waals surface area contributed by atoms with Gasteiger partial charge in [-0.25, -0.2) is 0 Å². The lowest BCUT2D eigenvalue weighted by molar-refractivity contribution is -0.150. The van der Waals surface area contributed by atoms with Crippen molar-refractivity contribution in [1.82, 2.24) is 0 Å². The molecule has 1 aliphatic carbocycles. The highest BCUT2D eigenvalue weighted by molar-refractivity contribution is 5.70. The molecule has 0 saturated heterocycles. The minimum Gasteiger partial charge on any atom is -0.466 e. The third kappa shape index (κ3) is 8.57. The van der Waals surface area contributed by atoms with E-state index < -0.39 is 11.7 Å². The molecular weight excluding hydrogens is 382 g/mol. The quantitative estimate of drug-likeness (QED) is 0.130. The molecule has 164 valence electrons. The Balaban J connectivity index is 1.70. The Morgan fingerprint density at radius 2 is 2.17 bits per heavy atom. The zero-order chi connectivity index (χ0) is 21.8. The molecule has 1 aromatic carbocycles. The lowest BCUT2D eigenvalue weighted by Gasteiger charge is -2.35. The first-order valence-electron chi connectivity index (χ1n) is 10.8. The molecule has 7 nitrogen and oxygen atoms in total. The van der Waals surface area contributed by atoms with Crippen molar-refractivity contribution in [2.24, 2.45) is 11.0 Å². The van der Waals surface area contributed by atoms with Crippen molar-refractivity contribution >= 4 is 11.7 Å². The fourth-order valence-corrected chi connectivity index (χ4v) is 4.04. The number of esters is 1. The molecule has 30 heavy (non-hydrogen) atoms. The Bertz CT molecular complexity index is 743. The molecule has 1 unspecified atom stereocenters. The van der Waals surface area contributed by atoms with Crippen molar-refractivity contribution in [3.05, 3.63) is 52.4 Å². The van der Waals surface area contributed by atoms with Gasteiger partial charge in [0.25, 0.3) is 0 Å². The number of carbonyl (C=O) groups is 1. The fourth-order valence-electron chi connectivity index (χ4n) is 4.04. The first-order valence-corrected chi connectivity index (χ1v) is 10.8. The third-order valence-electron chi connectivity index (χ3n) is 5.56. The van der Waals surface area contributed by atoms with Crippen molar-refractivity contribution in [2.75, 3.05) is 6.61 Å². The number of azide groups is 1. The number of nitrogens with zero attached hydrogens (tertiary/aromatic N) is 3. The molecule has 1 saturated carbocycles. The molecule has 0 amide bonds. The number of benzene rings is 1. The number of hydrogen-bond acceptors (Lipinski definition) is 5. The standard InChI is InChI=1S/C23H33N3O4/c1-2-30-22(28)17-23(29)15-5-7-19(16-23)11-14-21(27)8-4-3-6-18-9-12-20(13-10-18)25-26-24/h9-14,19,21,27,29H,2-8,15-17H2,1H3/b14-11+/t19-,21?,23+/m0/s1. The van der Waals surface area contributed by atoms with Crippen LogP contribution in [0.3, 0.4) is 0 Å². The van der Waals surface area contributed by atoms with Gasteiger partial charge in [0.1, 0.15) is 0 Å². The van der Waals surface area contributed by atoms with Crippen LogP contribution >= 0.6 is 0 Å². The number of hydrogen-bond donors (Lipinski definition) is 2. The van der Waals surface area contributed by atoms with Crippen molar-refractivity contribution < 1.29 is 19.7 Å². The van der Waals surface area contributed by atoms with Crippen LogP contribution < -0.4 is 0 Å². The lowest BCUT2D eigenvalue weighted by atomic mass is 9.76. The van der Waals surface area contributed by atoms with Crippen molar-refractivity contribution in [3.63, 3.8) is 0 Å². The highest BCUT2D eigenvalue weighted by atomic mass is 16.5. The molecule has 0 aliphatic heterocycles. The number of aryl methyl sites for hydroxylation is 1. The summed E-state index contributed by atoms with van der Waals surface area (Å²) in [6, 6.07) is 7.53. The first kappa shape index (κ1) is 23.9. The summed E-state index contributed by atoms with van der Waals surface area (Å²) in [4.78, 5) is 14.5. The van der Waals surface area contributed by atoms with Crippen LogP contribution in [0.2, 0.25) is 0 Å². The Morgan fingerprint density at radius 1 is 1.40 bits per heavy atom. The molecule has 1 aromatic rings. The van der Waals surface area contributed by atoms with Gasteiger partial charge in [-0.1, -0.05) is 48.0 Å². The predicted molar refractivity (Wildman–Crippen MR) is 116 cm³/mol. The van der Waals surface area contributed by atoms with E-state index in [1.165, 1.54) is 5.56 Å². The largest absolute Gasteiger partial charge is 0.466 e. The summed E-state index contributed by atoms with van der Waals surface area (Å²) in [5.41, 5.74) is 9.21. The van der Waals surface area contributed by atoms with Gasteiger partial charge in [-0.05, 0) is 68.9 Å². The highest BCUT2D eigenvalue weighted by Crippen LogP contribution is 2.36. The molecular formula is C23H33N3O4. The van der Waals surface area contributed by atoms with E-state index in [1.54, 1.807) is 19.1 Å². The van der Waals surface area contributed by atoms with E-state index in [2.05, 4.69) is 10.0 Å². The molecule has 1 fully saturated rings. The zero-order valence-electron chi connectivity index (χ0n) is 17.7. The van der Waals surface area contributed by atoms with Gasteiger partial charge in [0.15, 0.2) is 0 Å². The average Bonchev–Trinajstić information content (AvgIpc) is 2.71. The molecule has 3 atom stereocenters. The minimum atomic E-state index is -1.00. The summed E-state index contributed by atoms with van der Waals surface area (Å²) in [7, 11) is 0. The normalized spacial score (nSPS) is 22.4. The fraction of sp³-hybridized carbons (Fsp3) is 0.609. The third-order valence-corrected chi connectivity index (χ3v) is 5.56. The summed E-state index contributed by atoms with van der Waals surface area (Å²) in [6.07, 6.45) is 9.79. The van der Waals surface area contributed by atoms with Crippen LogP contribution in [0, 0.1) is 5.92 Å². The minimum absolute atomic E-state index is 0.0393. The summed E-state index contributed by atoms with van der Waals surface area (Å²) >= 11 is 0. The molecule has 0 heterocycles. The second kappa shape index (κ2) is 12.4. The smallest absolute Gasteiger partial charge is 0.308 e. The van der Waals surface area contributed by atoms with E-state index in [1.807, 2.05) is 24.3 Å². The maximum atomic E-state index is 11.7. The van der Waals surface area contributed by atoms with Gasteiger partial charge in [0, 0.05) is 10.6 Å². The Kier molecular flexibility index (Phi) is 9.87. The Morgan fingerprint density at radius 3 is 2.87 bits per heavy atom. The monoisotopic (exact) mass is 415 g/mol. The number of ether oxygens (including phenoxy) is 1. The lowest BCUT2D eigenvalue weighted by Crippen LogP contribution is -2.37. The highest BCUT2D eigenvalue weighted by Gasteiger charge is 2.35. The van der Waals surface area contributed by atoms with E-state index in [0.29, 0.717) is 31.6 Å². The van der Waals surface area contributed by atoms with Gasteiger partial charge < -0.3 is 14.9 Å². The average molecular weight is 416 g/mol. The van der Waals surface area contributed by atoms with Gasteiger partial charge in [0.2, 0.25) is 0 Å². The van der Waals surface area contributed by atoms with E-state index in [0.717, 1.165) is 32.1 Å². The van der Waals surface area contributed by atoms with Crippen LogP contribution in [0.15, 0.2) is 41.5 Å². The predicted octanol–water partition coefficient (Wildman–Crippen LogP) is 5.13. The van der Waals surface area contributed by atoms with Crippen molar-refractivity contribution in [3.8, 4) is 0 Å². The molecule has 2 N–H and O–H groups in total. The van der Waals surface area contributed by atoms with Crippen LogP contribution in [0.4, 0.5) is 5.69 Å². The summed E-state index contributed by atoms with van der Waals surface area (Å²) in [5.74, 6) is -0.181. The summed E-state index contributed by atoms with van der Waals surface area (Å²) in [5, 5.41) is 24.5. The van der Waals surface area contributed by atoms with Gasteiger partial charge in [0.05, 0.1) is 24.7 Å². The van der Waals surface area contributed by atoms with E-state index >= 15 is 0 Å². The Labute approximate surface area is 178 Å². The second-order valence-corrected chi connectivity index (χ2v) is 8.12. The van der Waals surface area contributed by atoms with E-state index in [9.17, 15) is 15.0 Å². The van der Waals surface area contributed by atoms with Crippen LogP contribution in [-0.2, 0) is 16.0 Å². The molecule has 0 spiro atoms. The number of unbranched alkanes of at least 4 members (excludes halogenated alkanes) is 1. The van der Waals surface area contributed by atoms with Crippen molar-refractivity contribution in [1.29, 1.82) is 0 Å². The van der Waals surface area contributed by atoms with Crippen LogP contribution in [0.25, 0.3) is 10.4 Å². The van der Waals surface area contributed by atoms with Gasteiger partial charge in [-0.2, -0.15) is 0 Å². The maximum Gasteiger partial charge on any atom is 0.308 e. The number of allylic oxidation sites excluding steroid dienone is 1. The number of rotatable bonds is 11. The van der Waals surface area contributed by atoms with Crippen LogP contribution in [-0.4, -0.2) is 34.5 Å². The van der Waals surface area contributed by atoms with Crippen LogP contribution in [0.5, 0.6) is 0 Å². The SMILES string of the molecule is CCOC(=O)C[C@@]1(O)CCC[C@@H](/C=C/C(O)CCCCc2ccc(N=[N+]=[N-])cc2)C1. The summed E-state index contributed by atoms with van der Waals surface area (Å²) < 4.78 is 4.97. The topological polar surface area (TPSA) is 116 Å². The van der Waals surface area contributed by atoms with Crippen molar-refractivity contribution in [2.45, 2.75) is 76.4 Å². The number of carbonyl (C=O) groups excluding carboxylic acids is 1. The van der Waals surface area contributed by atoms with Crippen LogP contribution in [0.1, 0.15) is 63.9 Å². The Hall–Kier alpha value is -2.34. The molecule has 0 radical (unpaired) electrons. The van der Waals surface area contributed by atoms with E-state index in [4.69, 9.17) is 10.3 Å².